The van der Waals surface area contributed by atoms with Gasteiger partial charge in [-0.05, 0) is 25.0 Å². The second kappa shape index (κ2) is 8.73. The van der Waals surface area contributed by atoms with Crippen molar-refractivity contribution in [3.05, 3.63) is 29.2 Å². The minimum Gasteiger partial charge on any atom is -0.461 e. The topological polar surface area (TPSA) is 66.0 Å². The van der Waals surface area contributed by atoms with Crippen molar-refractivity contribution >= 4 is 23.7 Å². The van der Waals surface area contributed by atoms with Gasteiger partial charge in [-0.3, -0.25) is 4.79 Å². The highest BCUT2D eigenvalue weighted by Crippen LogP contribution is 2.22. The number of furan rings is 1. The molecule has 0 saturated heterocycles. The molecule has 1 aromatic rings. The largest absolute Gasteiger partial charge is 0.461 e. The van der Waals surface area contributed by atoms with Gasteiger partial charge in [-0.1, -0.05) is 31.0 Å². The Morgan fingerprint density at radius 1 is 1.43 bits per heavy atom. The minimum absolute atomic E-state index is 0.0433. The second-order valence-corrected chi connectivity index (χ2v) is 6.33. The lowest BCUT2D eigenvalue weighted by molar-refractivity contribution is -0.117. The van der Waals surface area contributed by atoms with E-state index in [-0.39, 0.29) is 17.4 Å². The zero-order valence-electron chi connectivity index (χ0n) is 12.6. The third-order valence-corrected chi connectivity index (χ3v) is 4.33. The number of hydrogen-bond acceptors (Lipinski definition) is 4. The van der Waals surface area contributed by atoms with E-state index in [0.29, 0.717) is 23.3 Å². The summed E-state index contributed by atoms with van der Waals surface area (Å²) in [5.74, 6) is -2.15. The molecule has 1 fully saturated rings. The zero-order chi connectivity index (χ0) is 16.7. The molecule has 7 heteroatoms. The average Bonchev–Trinajstić information content (AvgIpc) is 2.99. The van der Waals surface area contributed by atoms with Crippen LogP contribution in [0.1, 0.15) is 43.6 Å². The average molecular weight is 340 g/mol. The fourth-order valence-corrected chi connectivity index (χ4v) is 2.94. The van der Waals surface area contributed by atoms with Gasteiger partial charge in [0.05, 0.1) is 5.75 Å². The fraction of sp³-hybridized carbons (Fsp3) is 0.500. The van der Waals surface area contributed by atoms with Gasteiger partial charge in [0.25, 0.3) is 11.7 Å². The molecule has 1 aliphatic rings. The van der Waals surface area contributed by atoms with Gasteiger partial charge in [-0.25, -0.2) is 0 Å². The highest BCUT2D eigenvalue weighted by Gasteiger charge is 2.18. The van der Waals surface area contributed by atoms with Crippen molar-refractivity contribution in [3.8, 4) is 6.07 Å². The van der Waals surface area contributed by atoms with Gasteiger partial charge < -0.3 is 9.73 Å². The van der Waals surface area contributed by atoms with Gasteiger partial charge in [-0.2, -0.15) is 14.0 Å². The van der Waals surface area contributed by atoms with Gasteiger partial charge in [0, 0.05) is 12.1 Å². The van der Waals surface area contributed by atoms with Gasteiger partial charge >= 0.3 is 0 Å². The number of halogens is 2. The van der Waals surface area contributed by atoms with Gasteiger partial charge in [0.2, 0.25) is 0 Å². The first kappa shape index (κ1) is 17.5. The third kappa shape index (κ3) is 5.71. The van der Waals surface area contributed by atoms with Gasteiger partial charge in [0.15, 0.2) is 0 Å². The van der Waals surface area contributed by atoms with Crippen molar-refractivity contribution in [1.82, 2.24) is 5.32 Å². The highest BCUT2D eigenvalue weighted by atomic mass is 32.2. The van der Waals surface area contributed by atoms with E-state index in [1.54, 1.807) is 12.1 Å². The lowest BCUT2D eigenvalue weighted by Crippen LogP contribution is -2.36. The summed E-state index contributed by atoms with van der Waals surface area (Å²) < 4.78 is 29.6. The van der Waals surface area contributed by atoms with Crippen molar-refractivity contribution < 1.29 is 18.0 Å². The van der Waals surface area contributed by atoms with E-state index < -0.39 is 11.7 Å². The maximum Gasteiger partial charge on any atom is 0.284 e. The Balaban J connectivity index is 1.97. The molecule has 0 unspecified atom stereocenters. The summed E-state index contributed by atoms with van der Waals surface area (Å²) >= 11 is 0.460. The van der Waals surface area contributed by atoms with Crippen LogP contribution >= 0.6 is 11.8 Å². The van der Waals surface area contributed by atoms with Crippen LogP contribution in [0.5, 0.6) is 0 Å². The first-order chi connectivity index (χ1) is 11.1. The van der Waals surface area contributed by atoms with E-state index in [4.69, 9.17) is 9.68 Å². The van der Waals surface area contributed by atoms with Crippen LogP contribution in [0, 0.1) is 11.3 Å². The van der Waals surface area contributed by atoms with Gasteiger partial charge in [0.1, 0.15) is 23.2 Å². The molecular formula is C16H18F2N2O2S. The molecule has 1 amide bonds. The molecule has 0 bridgehead atoms. The first-order valence-electron chi connectivity index (χ1n) is 7.49. The lowest BCUT2D eigenvalue weighted by Gasteiger charge is -2.22. The lowest BCUT2D eigenvalue weighted by atomic mass is 9.95. The van der Waals surface area contributed by atoms with Crippen molar-refractivity contribution in [3.63, 3.8) is 0 Å². The first-order valence-corrected chi connectivity index (χ1v) is 8.54. The van der Waals surface area contributed by atoms with Crippen LogP contribution in [0.25, 0.3) is 6.08 Å². The number of hydrogen-bond donors (Lipinski definition) is 1. The summed E-state index contributed by atoms with van der Waals surface area (Å²) in [7, 11) is 0. The molecule has 1 saturated carbocycles. The monoisotopic (exact) mass is 340 g/mol. The Kier molecular flexibility index (Phi) is 6.66. The maximum absolute atomic E-state index is 12.1. The maximum atomic E-state index is 12.1. The number of amides is 1. The Morgan fingerprint density at radius 3 is 2.83 bits per heavy atom. The summed E-state index contributed by atoms with van der Waals surface area (Å²) in [6, 6.07) is 5.10. The van der Waals surface area contributed by atoms with Crippen LogP contribution in [0.3, 0.4) is 0 Å². The summed E-state index contributed by atoms with van der Waals surface area (Å²) in [6.07, 6.45) is 6.55. The highest BCUT2D eigenvalue weighted by molar-refractivity contribution is 7.98. The molecule has 1 heterocycles. The van der Waals surface area contributed by atoms with Crippen LogP contribution in [-0.2, 0) is 10.5 Å². The Morgan fingerprint density at radius 2 is 2.17 bits per heavy atom. The summed E-state index contributed by atoms with van der Waals surface area (Å²) in [5.41, 5.74) is -0.0435. The number of rotatable bonds is 6. The van der Waals surface area contributed by atoms with Crippen molar-refractivity contribution in [2.24, 2.45) is 0 Å². The molecular weight excluding hydrogens is 322 g/mol. The van der Waals surface area contributed by atoms with Crippen LogP contribution in [0.2, 0.25) is 0 Å². The molecule has 0 aromatic carbocycles. The Hall–Kier alpha value is -1.81. The molecule has 0 radical (unpaired) electrons. The summed E-state index contributed by atoms with van der Waals surface area (Å²) in [5, 5.41) is 12.0. The molecule has 0 atom stereocenters. The normalized spacial score (nSPS) is 16.3. The van der Waals surface area contributed by atoms with Crippen LogP contribution in [0.4, 0.5) is 8.78 Å². The zero-order valence-corrected chi connectivity index (χ0v) is 13.4. The number of thioether (sulfide) groups is 1. The SMILES string of the molecule is N#C/C(=C\c1ccc(CSC(F)F)o1)C(=O)NC1CCCCC1. The van der Waals surface area contributed by atoms with Crippen LogP contribution < -0.4 is 5.32 Å². The van der Waals surface area contributed by atoms with Gasteiger partial charge in [-0.15, -0.1) is 0 Å². The number of nitriles is 1. The van der Waals surface area contributed by atoms with E-state index in [1.807, 2.05) is 6.07 Å². The smallest absolute Gasteiger partial charge is 0.284 e. The van der Waals surface area contributed by atoms with E-state index in [1.165, 1.54) is 12.5 Å². The quantitative estimate of drug-likeness (QED) is 0.626. The molecule has 1 aromatic heterocycles. The van der Waals surface area contributed by atoms with Crippen molar-refractivity contribution in [1.29, 1.82) is 5.26 Å². The van der Waals surface area contributed by atoms with Crippen LogP contribution in [0.15, 0.2) is 22.1 Å². The number of nitrogens with one attached hydrogen (secondary N) is 1. The molecule has 124 valence electrons. The molecule has 0 spiro atoms. The standard InChI is InChI=1S/C16H18F2N2O2S/c17-16(18)23-10-14-7-6-13(22-14)8-11(9-19)15(21)20-12-4-2-1-3-5-12/h6-8,12,16H,1-5,10H2,(H,20,21)/b11-8+. The Labute approximate surface area is 137 Å². The number of nitrogens with zero attached hydrogens (tertiary/aromatic N) is 1. The summed E-state index contributed by atoms with van der Waals surface area (Å²) in [6.45, 7) is 0. The fourth-order valence-electron chi connectivity index (χ4n) is 2.50. The molecule has 4 nitrogen and oxygen atoms in total. The summed E-state index contributed by atoms with van der Waals surface area (Å²) in [4.78, 5) is 12.1. The van der Waals surface area contributed by atoms with E-state index >= 15 is 0 Å². The number of carbonyl (C=O) groups excluding carboxylic acids is 1. The molecule has 2 rings (SSSR count). The predicted octanol–water partition coefficient (Wildman–Crippen LogP) is 4.09. The minimum atomic E-state index is -2.46. The molecule has 1 aliphatic carbocycles. The van der Waals surface area contributed by atoms with Crippen molar-refractivity contribution in [2.45, 2.75) is 49.7 Å². The third-order valence-electron chi connectivity index (χ3n) is 3.63. The van der Waals surface area contributed by atoms with Crippen molar-refractivity contribution in [2.75, 3.05) is 0 Å². The second-order valence-electron chi connectivity index (χ2n) is 5.35. The Bertz CT molecular complexity index is 601. The number of carbonyl (C=O) groups is 1. The van der Waals surface area contributed by atoms with Crippen LogP contribution in [-0.4, -0.2) is 17.7 Å². The number of alkyl halides is 2. The molecule has 1 N–H and O–H groups in total. The van der Waals surface area contributed by atoms with E-state index in [2.05, 4.69) is 5.32 Å². The predicted molar refractivity (Wildman–Crippen MR) is 84.6 cm³/mol. The molecule has 0 aliphatic heterocycles. The van der Waals surface area contributed by atoms with E-state index in [0.717, 1.165) is 25.7 Å². The van der Waals surface area contributed by atoms with E-state index in [9.17, 15) is 13.6 Å². The molecule has 23 heavy (non-hydrogen) atoms.